The molecule has 1 aromatic carbocycles. The summed E-state index contributed by atoms with van der Waals surface area (Å²) >= 11 is 1.58. The SMILES string of the molecule is Cc1cccc(C)c1-n1nnnc1SCCCC#N. The molecule has 0 N–H and O–H groups in total. The molecule has 0 amide bonds. The van der Waals surface area contributed by atoms with E-state index in [4.69, 9.17) is 5.26 Å². The summed E-state index contributed by atoms with van der Waals surface area (Å²) in [4.78, 5) is 0. The Bertz CT molecular complexity index is 579. The number of hydrogen-bond donors (Lipinski definition) is 0. The van der Waals surface area contributed by atoms with Crippen molar-refractivity contribution in [2.45, 2.75) is 31.8 Å². The van der Waals surface area contributed by atoms with Crippen LogP contribution in [0.5, 0.6) is 0 Å². The fourth-order valence-corrected chi connectivity index (χ4v) is 2.68. The van der Waals surface area contributed by atoms with Crippen LogP contribution in [0.2, 0.25) is 0 Å². The zero-order valence-corrected chi connectivity index (χ0v) is 11.8. The monoisotopic (exact) mass is 273 g/mol. The highest BCUT2D eigenvalue weighted by Crippen LogP contribution is 2.23. The normalized spacial score (nSPS) is 10.4. The van der Waals surface area contributed by atoms with Gasteiger partial charge in [-0.3, -0.25) is 0 Å². The van der Waals surface area contributed by atoms with Crippen molar-refractivity contribution in [3.05, 3.63) is 29.3 Å². The van der Waals surface area contributed by atoms with E-state index >= 15 is 0 Å². The minimum atomic E-state index is 0.567. The maximum atomic E-state index is 8.52. The second kappa shape index (κ2) is 6.34. The molecule has 0 aliphatic heterocycles. The predicted octanol–water partition coefficient (Wildman–Crippen LogP) is 2.68. The Hall–Kier alpha value is -1.87. The third-order valence-corrected chi connectivity index (χ3v) is 3.76. The van der Waals surface area contributed by atoms with E-state index in [1.807, 2.05) is 32.0 Å². The van der Waals surface area contributed by atoms with Crippen molar-refractivity contribution in [1.82, 2.24) is 20.2 Å². The van der Waals surface area contributed by atoms with Crippen LogP contribution in [0.3, 0.4) is 0 Å². The van der Waals surface area contributed by atoms with Gasteiger partial charge >= 0.3 is 0 Å². The molecule has 6 heteroatoms. The highest BCUT2D eigenvalue weighted by Gasteiger charge is 2.12. The highest BCUT2D eigenvalue weighted by atomic mass is 32.2. The number of rotatable bonds is 5. The topological polar surface area (TPSA) is 67.4 Å². The van der Waals surface area contributed by atoms with Crippen LogP contribution in [-0.4, -0.2) is 26.0 Å². The Morgan fingerprint density at radius 2 is 2.05 bits per heavy atom. The number of benzene rings is 1. The largest absolute Gasteiger partial charge is 0.214 e. The van der Waals surface area contributed by atoms with Crippen LogP contribution < -0.4 is 0 Å². The van der Waals surface area contributed by atoms with Gasteiger partial charge in [0.2, 0.25) is 5.16 Å². The Morgan fingerprint density at radius 3 is 2.74 bits per heavy atom. The molecule has 0 bridgehead atoms. The van der Waals surface area contributed by atoms with Gasteiger partial charge in [0, 0.05) is 12.2 Å². The zero-order valence-electron chi connectivity index (χ0n) is 11.0. The smallest absolute Gasteiger partial charge is 0.198 e. The quantitative estimate of drug-likeness (QED) is 0.619. The molecule has 0 saturated carbocycles. The van der Waals surface area contributed by atoms with Crippen LogP contribution in [0.15, 0.2) is 23.4 Å². The van der Waals surface area contributed by atoms with Crippen molar-refractivity contribution in [2.75, 3.05) is 5.75 Å². The van der Waals surface area contributed by atoms with Crippen molar-refractivity contribution in [3.8, 4) is 11.8 Å². The van der Waals surface area contributed by atoms with Crippen LogP contribution >= 0.6 is 11.8 Å². The van der Waals surface area contributed by atoms with Crippen LogP contribution in [0.25, 0.3) is 5.69 Å². The molecule has 1 heterocycles. The first-order valence-electron chi connectivity index (χ1n) is 6.08. The number of unbranched alkanes of at least 4 members (excludes halogenated alkanes) is 1. The van der Waals surface area contributed by atoms with E-state index in [1.165, 1.54) is 0 Å². The average Bonchev–Trinajstić information content (AvgIpc) is 2.83. The van der Waals surface area contributed by atoms with Crippen molar-refractivity contribution in [2.24, 2.45) is 0 Å². The highest BCUT2D eigenvalue weighted by molar-refractivity contribution is 7.99. The molecule has 2 rings (SSSR count). The zero-order chi connectivity index (χ0) is 13.7. The maximum absolute atomic E-state index is 8.52. The van der Waals surface area contributed by atoms with Crippen LogP contribution in [0.4, 0.5) is 0 Å². The van der Waals surface area contributed by atoms with Gasteiger partial charge in [-0.1, -0.05) is 30.0 Å². The molecular formula is C13H15N5S. The van der Waals surface area contributed by atoms with Crippen molar-refractivity contribution < 1.29 is 0 Å². The summed E-state index contributed by atoms with van der Waals surface area (Å²) in [5.41, 5.74) is 3.33. The summed E-state index contributed by atoms with van der Waals surface area (Å²) in [6.45, 7) is 4.10. The number of para-hydroxylation sites is 1. The fourth-order valence-electron chi connectivity index (χ4n) is 1.86. The maximum Gasteiger partial charge on any atom is 0.214 e. The van der Waals surface area contributed by atoms with E-state index in [2.05, 4.69) is 21.6 Å². The molecule has 98 valence electrons. The number of nitriles is 1. The summed E-state index contributed by atoms with van der Waals surface area (Å²) in [5.74, 6) is 0.846. The van der Waals surface area contributed by atoms with E-state index < -0.39 is 0 Å². The van der Waals surface area contributed by atoms with E-state index in [1.54, 1.807) is 16.4 Å². The number of hydrogen-bond acceptors (Lipinski definition) is 5. The Kier molecular flexibility index (Phi) is 4.53. The van der Waals surface area contributed by atoms with Crippen LogP contribution in [-0.2, 0) is 0 Å². The minimum Gasteiger partial charge on any atom is -0.198 e. The molecule has 1 aromatic heterocycles. The van der Waals surface area contributed by atoms with Crippen molar-refractivity contribution in [3.63, 3.8) is 0 Å². The third kappa shape index (κ3) is 3.12. The summed E-state index contributed by atoms with van der Waals surface area (Å²) in [6, 6.07) is 8.27. The van der Waals surface area contributed by atoms with Gasteiger partial charge in [-0.2, -0.15) is 9.94 Å². The number of aromatic nitrogens is 4. The second-order valence-corrected chi connectivity index (χ2v) is 5.29. The van der Waals surface area contributed by atoms with E-state index in [-0.39, 0.29) is 0 Å². The number of tetrazole rings is 1. The molecule has 0 aliphatic rings. The van der Waals surface area contributed by atoms with Gasteiger partial charge in [-0.15, -0.1) is 5.10 Å². The molecule has 5 nitrogen and oxygen atoms in total. The molecule has 0 saturated heterocycles. The van der Waals surface area contributed by atoms with Gasteiger partial charge in [-0.05, 0) is 41.8 Å². The summed E-state index contributed by atoms with van der Waals surface area (Å²) in [7, 11) is 0. The van der Waals surface area contributed by atoms with Crippen LogP contribution in [0, 0.1) is 25.2 Å². The van der Waals surface area contributed by atoms with Gasteiger partial charge in [0.25, 0.3) is 0 Å². The van der Waals surface area contributed by atoms with E-state index in [0.29, 0.717) is 6.42 Å². The standard InChI is InChI=1S/C13H15N5S/c1-10-6-5-7-11(2)12(10)18-13(15-16-17-18)19-9-4-3-8-14/h5-7H,3-4,9H2,1-2H3. The molecule has 0 spiro atoms. The first-order chi connectivity index (χ1) is 9.24. The van der Waals surface area contributed by atoms with Gasteiger partial charge in [0.1, 0.15) is 0 Å². The van der Waals surface area contributed by atoms with Gasteiger partial charge in [-0.25, -0.2) is 0 Å². The average molecular weight is 273 g/mol. The first-order valence-corrected chi connectivity index (χ1v) is 7.07. The van der Waals surface area contributed by atoms with Crippen molar-refractivity contribution in [1.29, 1.82) is 5.26 Å². The molecule has 2 aromatic rings. The molecule has 0 atom stereocenters. The summed E-state index contributed by atoms with van der Waals surface area (Å²) < 4.78 is 1.78. The minimum absolute atomic E-state index is 0.567. The number of thioether (sulfide) groups is 1. The first kappa shape index (κ1) is 13.6. The third-order valence-electron chi connectivity index (χ3n) is 2.76. The number of nitrogens with zero attached hydrogens (tertiary/aromatic N) is 5. The Labute approximate surface area is 116 Å². The predicted molar refractivity (Wildman–Crippen MR) is 74.2 cm³/mol. The number of aryl methyl sites for hydroxylation is 2. The van der Waals surface area contributed by atoms with E-state index in [0.717, 1.165) is 34.1 Å². The molecular weight excluding hydrogens is 258 g/mol. The van der Waals surface area contributed by atoms with Gasteiger partial charge in [0.15, 0.2) is 0 Å². The summed E-state index contributed by atoms with van der Waals surface area (Å²) in [6.07, 6.45) is 1.42. The Morgan fingerprint density at radius 1 is 1.32 bits per heavy atom. The lowest BCUT2D eigenvalue weighted by molar-refractivity contribution is 0.747. The lowest BCUT2D eigenvalue weighted by atomic mass is 10.1. The Balaban J connectivity index is 2.22. The molecule has 0 radical (unpaired) electrons. The lowest BCUT2D eigenvalue weighted by Crippen LogP contribution is -2.04. The van der Waals surface area contributed by atoms with E-state index in [9.17, 15) is 0 Å². The van der Waals surface area contributed by atoms with Crippen molar-refractivity contribution >= 4 is 11.8 Å². The van der Waals surface area contributed by atoms with Gasteiger partial charge < -0.3 is 0 Å². The molecule has 0 unspecified atom stereocenters. The molecule has 19 heavy (non-hydrogen) atoms. The van der Waals surface area contributed by atoms with Crippen LogP contribution in [0.1, 0.15) is 24.0 Å². The fraction of sp³-hybridized carbons (Fsp3) is 0.385. The van der Waals surface area contributed by atoms with Gasteiger partial charge in [0.05, 0.1) is 11.8 Å². The molecule has 0 aliphatic carbocycles. The summed E-state index contributed by atoms with van der Waals surface area (Å²) in [5, 5.41) is 21.2. The molecule has 0 fully saturated rings. The second-order valence-electron chi connectivity index (χ2n) is 4.22. The lowest BCUT2D eigenvalue weighted by Gasteiger charge is -2.10.